The normalized spacial score (nSPS) is 17.2. The molecule has 0 atom stereocenters. The van der Waals surface area contributed by atoms with Crippen LogP contribution in [0, 0.1) is 0 Å². The summed E-state index contributed by atoms with van der Waals surface area (Å²) >= 11 is 3.40. The molecule has 146 valence electrons. The molecular formula is C20H21BrN4O3. The number of anilines is 1. The summed E-state index contributed by atoms with van der Waals surface area (Å²) in [7, 11) is 0. The SMILES string of the molecule is O=C(CN1C(=O)COc2cc(Br)ccc21)N1CCN(Cc2cccnc2)CC1. The van der Waals surface area contributed by atoms with Crippen molar-refractivity contribution in [3.8, 4) is 5.75 Å². The minimum atomic E-state index is -0.196. The molecule has 3 heterocycles. The number of hydrogen-bond acceptors (Lipinski definition) is 5. The van der Waals surface area contributed by atoms with Crippen LogP contribution < -0.4 is 9.64 Å². The van der Waals surface area contributed by atoms with E-state index in [-0.39, 0.29) is 25.0 Å². The first-order chi connectivity index (χ1) is 13.6. The summed E-state index contributed by atoms with van der Waals surface area (Å²) in [6, 6.07) is 9.46. The summed E-state index contributed by atoms with van der Waals surface area (Å²) in [6.07, 6.45) is 3.64. The molecule has 1 aromatic carbocycles. The Kier molecular flexibility index (Phi) is 5.59. The van der Waals surface area contributed by atoms with Crippen LogP contribution in [0.5, 0.6) is 5.75 Å². The highest BCUT2D eigenvalue weighted by Gasteiger charge is 2.30. The van der Waals surface area contributed by atoms with E-state index in [0.29, 0.717) is 24.5 Å². The predicted octanol–water partition coefficient (Wildman–Crippen LogP) is 1.91. The second kappa shape index (κ2) is 8.28. The Labute approximate surface area is 172 Å². The van der Waals surface area contributed by atoms with Crippen molar-refractivity contribution in [2.24, 2.45) is 0 Å². The lowest BCUT2D eigenvalue weighted by Crippen LogP contribution is -2.52. The number of carbonyl (C=O) groups is 2. The van der Waals surface area contributed by atoms with Gasteiger partial charge in [0.1, 0.15) is 12.3 Å². The van der Waals surface area contributed by atoms with E-state index in [1.54, 1.807) is 12.3 Å². The van der Waals surface area contributed by atoms with Gasteiger partial charge in [-0.15, -0.1) is 0 Å². The van der Waals surface area contributed by atoms with E-state index in [1.807, 2.05) is 29.3 Å². The van der Waals surface area contributed by atoms with Gasteiger partial charge >= 0.3 is 0 Å². The quantitative estimate of drug-likeness (QED) is 0.720. The summed E-state index contributed by atoms with van der Waals surface area (Å²) in [6.45, 7) is 3.76. The van der Waals surface area contributed by atoms with Gasteiger partial charge in [-0.3, -0.25) is 24.4 Å². The predicted molar refractivity (Wildman–Crippen MR) is 108 cm³/mol. The average molecular weight is 445 g/mol. The first-order valence-electron chi connectivity index (χ1n) is 9.22. The first kappa shape index (κ1) is 18.9. The van der Waals surface area contributed by atoms with Crippen LogP contribution in [0.1, 0.15) is 5.56 Å². The van der Waals surface area contributed by atoms with E-state index >= 15 is 0 Å². The molecule has 0 radical (unpaired) electrons. The van der Waals surface area contributed by atoms with Crippen molar-refractivity contribution in [1.29, 1.82) is 0 Å². The van der Waals surface area contributed by atoms with E-state index in [4.69, 9.17) is 4.74 Å². The number of pyridine rings is 1. The van der Waals surface area contributed by atoms with Crippen LogP contribution in [0.25, 0.3) is 0 Å². The van der Waals surface area contributed by atoms with Gasteiger partial charge in [0.15, 0.2) is 6.61 Å². The number of benzene rings is 1. The molecule has 0 aliphatic carbocycles. The minimum absolute atomic E-state index is 0.0369. The molecule has 1 fully saturated rings. The highest BCUT2D eigenvalue weighted by atomic mass is 79.9. The van der Waals surface area contributed by atoms with Crippen molar-refractivity contribution in [2.75, 3.05) is 44.2 Å². The summed E-state index contributed by atoms with van der Waals surface area (Å²) in [5.41, 5.74) is 1.81. The zero-order chi connectivity index (χ0) is 19.5. The lowest BCUT2D eigenvalue weighted by molar-refractivity contribution is -0.133. The van der Waals surface area contributed by atoms with Crippen LogP contribution >= 0.6 is 15.9 Å². The maximum absolute atomic E-state index is 12.8. The van der Waals surface area contributed by atoms with Crippen molar-refractivity contribution in [2.45, 2.75) is 6.54 Å². The van der Waals surface area contributed by atoms with Crippen molar-refractivity contribution in [3.63, 3.8) is 0 Å². The smallest absolute Gasteiger partial charge is 0.265 e. The number of fused-ring (bicyclic) bond motifs is 1. The van der Waals surface area contributed by atoms with E-state index < -0.39 is 0 Å². The standard InChI is InChI=1S/C20H21BrN4O3/c21-16-3-4-17-18(10-16)28-14-20(27)25(17)13-19(26)24-8-6-23(7-9-24)12-15-2-1-5-22-11-15/h1-5,10-11H,6-9,12-14H2. The summed E-state index contributed by atoms with van der Waals surface area (Å²) in [5, 5.41) is 0. The number of rotatable bonds is 4. The number of amides is 2. The topological polar surface area (TPSA) is 66.0 Å². The third-order valence-electron chi connectivity index (χ3n) is 5.01. The molecule has 2 aliphatic rings. The number of nitrogens with zero attached hydrogens (tertiary/aromatic N) is 4. The molecule has 7 nitrogen and oxygen atoms in total. The van der Waals surface area contributed by atoms with Crippen LogP contribution in [0.2, 0.25) is 0 Å². The van der Waals surface area contributed by atoms with E-state index in [9.17, 15) is 9.59 Å². The van der Waals surface area contributed by atoms with Crippen LogP contribution in [0.15, 0.2) is 47.2 Å². The fraction of sp³-hybridized carbons (Fsp3) is 0.350. The fourth-order valence-corrected chi connectivity index (χ4v) is 3.83. The Morgan fingerprint density at radius 1 is 1.18 bits per heavy atom. The Bertz CT molecular complexity index is 869. The van der Waals surface area contributed by atoms with Crippen LogP contribution in [-0.2, 0) is 16.1 Å². The Balaban J connectivity index is 1.35. The molecule has 2 amide bonds. The number of ether oxygens (including phenoxy) is 1. The molecule has 1 aromatic heterocycles. The molecule has 0 saturated carbocycles. The minimum Gasteiger partial charge on any atom is -0.482 e. The fourth-order valence-electron chi connectivity index (χ4n) is 3.49. The molecule has 0 unspecified atom stereocenters. The van der Waals surface area contributed by atoms with Crippen LogP contribution in [0.3, 0.4) is 0 Å². The van der Waals surface area contributed by atoms with Crippen molar-refractivity contribution in [1.82, 2.24) is 14.8 Å². The molecule has 0 N–H and O–H groups in total. The Hall–Kier alpha value is -2.45. The third kappa shape index (κ3) is 4.18. The van der Waals surface area contributed by atoms with Crippen molar-refractivity contribution < 1.29 is 14.3 Å². The molecule has 8 heteroatoms. The van der Waals surface area contributed by atoms with Crippen LogP contribution in [-0.4, -0.2) is 65.9 Å². The maximum atomic E-state index is 12.8. The summed E-state index contributed by atoms with van der Waals surface area (Å²) in [4.78, 5) is 34.9. The van der Waals surface area contributed by atoms with Gasteiger partial charge in [0.2, 0.25) is 5.91 Å². The monoisotopic (exact) mass is 444 g/mol. The lowest BCUT2D eigenvalue weighted by atomic mass is 10.2. The number of carbonyl (C=O) groups excluding carboxylic acids is 2. The summed E-state index contributed by atoms with van der Waals surface area (Å²) in [5.74, 6) is 0.381. The second-order valence-electron chi connectivity index (χ2n) is 6.90. The lowest BCUT2D eigenvalue weighted by Gasteiger charge is -2.36. The number of aromatic nitrogens is 1. The molecule has 2 aromatic rings. The zero-order valence-electron chi connectivity index (χ0n) is 15.4. The highest BCUT2D eigenvalue weighted by Crippen LogP contribution is 2.34. The number of piperazine rings is 1. The van der Waals surface area contributed by atoms with Gasteiger partial charge in [0.05, 0.1) is 5.69 Å². The van der Waals surface area contributed by atoms with Crippen molar-refractivity contribution in [3.05, 3.63) is 52.8 Å². The van der Waals surface area contributed by atoms with E-state index in [1.165, 1.54) is 10.5 Å². The van der Waals surface area contributed by atoms with Gasteiger partial charge in [-0.2, -0.15) is 0 Å². The molecule has 0 spiro atoms. The van der Waals surface area contributed by atoms with Gasteiger partial charge in [-0.1, -0.05) is 22.0 Å². The third-order valence-corrected chi connectivity index (χ3v) is 5.51. The molecule has 2 aliphatic heterocycles. The maximum Gasteiger partial charge on any atom is 0.265 e. The van der Waals surface area contributed by atoms with E-state index in [0.717, 1.165) is 24.1 Å². The van der Waals surface area contributed by atoms with Gasteiger partial charge in [-0.05, 0) is 29.8 Å². The van der Waals surface area contributed by atoms with E-state index in [2.05, 4.69) is 31.9 Å². The number of halogens is 1. The molecule has 1 saturated heterocycles. The molecule has 28 heavy (non-hydrogen) atoms. The molecule has 4 rings (SSSR count). The van der Waals surface area contributed by atoms with Crippen LogP contribution in [0.4, 0.5) is 5.69 Å². The molecular weight excluding hydrogens is 424 g/mol. The summed E-state index contributed by atoms with van der Waals surface area (Å²) < 4.78 is 6.36. The molecule has 0 bridgehead atoms. The number of hydrogen-bond donors (Lipinski definition) is 0. The van der Waals surface area contributed by atoms with Gasteiger partial charge in [-0.25, -0.2) is 0 Å². The van der Waals surface area contributed by atoms with Crippen molar-refractivity contribution >= 4 is 33.4 Å². The van der Waals surface area contributed by atoms with Gasteiger partial charge in [0, 0.05) is 49.6 Å². The Morgan fingerprint density at radius 2 is 2.00 bits per heavy atom. The van der Waals surface area contributed by atoms with Gasteiger partial charge in [0.25, 0.3) is 5.91 Å². The first-order valence-corrected chi connectivity index (χ1v) is 10.0. The largest absolute Gasteiger partial charge is 0.482 e. The zero-order valence-corrected chi connectivity index (χ0v) is 17.0. The Morgan fingerprint density at radius 3 is 2.75 bits per heavy atom. The highest BCUT2D eigenvalue weighted by molar-refractivity contribution is 9.10. The van der Waals surface area contributed by atoms with Gasteiger partial charge < -0.3 is 9.64 Å². The average Bonchev–Trinajstić information content (AvgIpc) is 2.71. The second-order valence-corrected chi connectivity index (χ2v) is 7.81.